The molecule has 0 unspecified atom stereocenters. The molecule has 0 fully saturated rings. The molecule has 0 heterocycles. The SMILES string of the molecule is C[C](C)NC(=O)C(C)(C)NC(=O)c1ccc(Cl)c(Cl)c1. The lowest BCUT2D eigenvalue weighted by Gasteiger charge is -2.26. The fourth-order valence-electron chi connectivity index (χ4n) is 1.43. The lowest BCUT2D eigenvalue weighted by Crippen LogP contribution is -2.54. The molecule has 0 saturated carbocycles. The van der Waals surface area contributed by atoms with Crippen LogP contribution in [0.3, 0.4) is 0 Å². The summed E-state index contributed by atoms with van der Waals surface area (Å²) in [5.41, 5.74) is -0.696. The molecular formula is C14H17Cl2N2O2. The second-order valence-electron chi connectivity index (χ2n) is 5.16. The Balaban J connectivity index is 2.83. The van der Waals surface area contributed by atoms with Gasteiger partial charge in [0.1, 0.15) is 5.54 Å². The third-order valence-corrected chi connectivity index (χ3v) is 3.28. The minimum atomic E-state index is -1.04. The lowest BCUT2D eigenvalue weighted by molar-refractivity contribution is -0.125. The molecule has 20 heavy (non-hydrogen) atoms. The van der Waals surface area contributed by atoms with Crippen molar-refractivity contribution in [2.24, 2.45) is 0 Å². The average Bonchev–Trinajstić information content (AvgIpc) is 2.31. The predicted octanol–water partition coefficient (Wildman–Crippen LogP) is 3.19. The van der Waals surface area contributed by atoms with Gasteiger partial charge in [0.05, 0.1) is 16.1 Å². The highest BCUT2D eigenvalue weighted by Crippen LogP contribution is 2.22. The van der Waals surface area contributed by atoms with Crippen LogP contribution in [0.2, 0.25) is 10.0 Å². The van der Waals surface area contributed by atoms with Crippen LogP contribution < -0.4 is 10.6 Å². The van der Waals surface area contributed by atoms with Gasteiger partial charge in [-0.2, -0.15) is 0 Å². The molecule has 0 atom stereocenters. The number of benzene rings is 1. The van der Waals surface area contributed by atoms with E-state index in [0.29, 0.717) is 15.6 Å². The van der Waals surface area contributed by atoms with Gasteiger partial charge in [-0.25, -0.2) is 0 Å². The molecule has 2 amide bonds. The maximum atomic E-state index is 12.1. The van der Waals surface area contributed by atoms with Crippen LogP contribution in [0.15, 0.2) is 18.2 Å². The number of hydrogen-bond acceptors (Lipinski definition) is 2. The Labute approximate surface area is 128 Å². The number of amides is 2. The quantitative estimate of drug-likeness (QED) is 0.896. The van der Waals surface area contributed by atoms with Crippen molar-refractivity contribution in [2.75, 3.05) is 0 Å². The van der Waals surface area contributed by atoms with Crippen molar-refractivity contribution < 1.29 is 9.59 Å². The first-order valence-electron chi connectivity index (χ1n) is 6.02. The van der Waals surface area contributed by atoms with E-state index >= 15 is 0 Å². The number of hydrogen-bond donors (Lipinski definition) is 2. The molecule has 1 aromatic rings. The monoisotopic (exact) mass is 315 g/mol. The summed E-state index contributed by atoms with van der Waals surface area (Å²) in [5, 5.41) is 6.00. The molecule has 4 nitrogen and oxygen atoms in total. The summed E-state index contributed by atoms with van der Waals surface area (Å²) in [7, 11) is 0. The number of rotatable bonds is 4. The van der Waals surface area contributed by atoms with Gasteiger partial charge >= 0.3 is 0 Å². The second kappa shape index (κ2) is 6.46. The van der Waals surface area contributed by atoms with Gasteiger partial charge in [-0.05, 0) is 45.9 Å². The molecule has 6 heteroatoms. The lowest BCUT2D eigenvalue weighted by atomic mass is 10.0. The normalized spacial score (nSPS) is 11.3. The van der Waals surface area contributed by atoms with Gasteiger partial charge in [0.15, 0.2) is 0 Å². The van der Waals surface area contributed by atoms with Crippen LogP contribution in [-0.2, 0) is 4.79 Å². The smallest absolute Gasteiger partial charge is 0.252 e. The van der Waals surface area contributed by atoms with Crippen LogP contribution in [-0.4, -0.2) is 17.4 Å². The summed E-state index contributed by atoms with van der Waals surface area (Å²) in [4.78, 5) is 24.1. The van der Waals surface area contributed by atoms with Crippen LogP contribution in [0.4, 0.5) is 0 Å². The van der Waals surface area contributed by atoms with E-state index in [1.165, 1.54) is 12.1 Å². The Morgan fingerprint density at radius 3 is 2.20 bits per heavy atom. The van der Waals surface area contributed by atoms with Crippen molar-refractivity contribution in [3.8, 4) is 0 Å². The van der Waals surface area contributed by atoms with E-state index in [4.69, 9.17) is 23.2 Å². The molecule has 1 aromatic carbocycles. The third-order valence-electron chi connectivity index (χ3n) is 2.54. The largest absolute Gasteiger partial charge is 0.347 e. The van der Waals surface area contributed by atoms with E-state index in [9.17, 15) is 9.59 Å². The molecule has 0 aliphatic rings. The van der Waals surface area contributed by atoms with Crippen LogP contribution >= 0.6 is 23.2 Å². The summed E-state index contributed by atoms with van der Waals surface area (Å²) >= 11 is 11.7. The molecule has 0 aliphatic carbocycles. The Morgan fingerprint density at radius 1 is 1.10 bits per heavy atom. The first-order chi connectivity index (χ1) is 9.13. The van der Waals surface area contributed by atoms with Gasteiger partial charge in [0.25, 0.3) is 5.91 Å². The van der Waals surface area contributed by atoms with Crippen molar-refractivity contribution in [3.05, 3.63) is 39.8 Å². The highest BCUT2D eigenvalue weighted by Gasteiger charge is 2.30. The van der Waals surface area contributed by atoms with Crippen molar-refractivity contribution in [2.45, 2.75) is 33.2 Å². The summed E-state index contributed by atoms with van der Waals surface area (Å²) in [6.07, 6.45) is 0. The van der Waals surface area contributed by atoms with Gasteiger partial charge in [0, 0.05) is 5.56 Å². The van der Waals surface area contributed by atoms with Crippen molar-refractivity contribution >= 4 is 35.0 Å². The maximum Gasteiger partial charge on any atom is 0.252 e. The topological polar surface area (TPSA) is 58.2 Å². The molecule has 0 bridgehead atoms. The Hall–Kier alpha value is -1.26. The molecule has 0 aromatic heterocycles. The summed E-state index contributed by atoms with van der Waals surface area (Å²) in [5.74, 6) is -0.677. The molecule has 1 rings (SSSR count). The zero-order chi connectivity index (χ0) is 15.5. The van der Waals surface area contributed by atoms with Crippen LogP contribution in [0.25, 0.3) is 0 Å². The zero-order valence-electron chi connectivity index (χ0n) is 11.8. The first-order valence-corrected chi connectivity index (χ1v) is 6.78. The first kappa shape index (κ1) is 16.8. The molecule has 0 saturated heterocycles. The van der Waals surface area contributed by atoms with Crippen molar-refractivity contribution in [1.29, 1.82) is 0 Å². The molecular weight excluding hydrogens is 299 g/mol. The van der Waals surface area contributed by atoms with Gasteiger partial charge in [-0.1, -0.05) is 23.2 Å². The van der Waals surface area contributed by atoms with Gasteiger partial charge in [0.2, 0.25) is 5.91 Å². The van der Waals surface area contributed by atoms with E-state index in [2.05, 4.69) is 10.6 Å². The highest BCUT2D eigenvalue weighted by molar-refractivity contribution is 6.42. The highest BCUT2D eigenvalue weighted by atomic mass is 35.5. The van der Waals surface area contributed by atoms with E-state index in [1.54, 1.807) is 33.8 Å². The summed E-state index contributed by atoms with van der Waals surface area (Å²) in [6, 6.07) is 5.31. The molecule has 0 aliphatic heterocycles. The summed E-state index contributed by atoms with van der Waals surface area (Å²) < 4.78 is 0. The fourth-order valence-corrected chi connectivity index (χ4v) is 1.73. The number of halogens is 2. The van der Waals surface area contributed by atoms with Gasteiger partial charge in [-0.15, -0.1) is 0 Å². The van der Waals surface area contributed by atoms with Crippen LogP contribution in [0.5, 0.6) is 0 Å². The van der Waals surface area contributed by atoms with Gasteiger partial charge < -0.3 is 10.6 Å². The van der Waals surface area contributed by atoms with E-state index in [-0.39, 0.29) is 5.91 Å². The maximum absolute atomic E-state index is 12.1. The van der Waals surface area contributed by atoms with Crippen LogP contribution in [0.1, 0.15) is 38.1 Å². The third kappa shape index (κ3) is 4.39. The second-order valence-corrected chi connectivity index (χ2v) is 5.98. The molecule has 0 spiro atoms. The molecule has 1 radical (unpaired) electrons. The zero-order valence-corrected chi connectivity index (χ0v) is 13.3. The standard InChI is InChI=1S/C14H17Cl2N2O2/c1-8(2)17-13(20)14(3,4)18-12(19)9-5-6-10(15)11(16)7-9/h5-7H,1-4H3,(H,17,20)(H,18,19). The average molecular weight is 316 g/mol. The van der Waals surface area contributed by atoms with Crippen molar-refractivity contribution in [1.82, 2.24) is 10.6 Å². The minimum absolute atomic E-state index is 0.286. The Morgan fingerprint density at radius 2 is 1.70 bits per heavy atom. The molecule has 109 valence electrons. The van der Waals surface area contributed by atoms with E-state index in [0.717, 1.165) is 6.04 Å². The fraction of sp³-hybridized carbons (Fsp3) is 0.357. The summed E-state index contributed by atoms with van der Waals surface area (Å²) in [6.45, 7) is 6.80. The number of carbonyl (C=O) groups is 2. The predicted molar refractivity (Wildman–Crippen MR) is 80.7 cm³/mol. The Bertz CT molecular complexity index is 528. The number of nitrogens with one attached hydrogen (secondary N) is 2. The van der Waals surface area contributed by atoms with E-state index in [1.807, 2.05) is 0 Å². The van der Waals surface area contributed by atoms with E-state index < -0.39 is 11.4 Å². The Kier molecular flexibility index (Phi) is 5.42. The van der Waals surface area contributed by atoms with Crippen molar-refractivity contribution in [3.63, 3.8) is 0 Å². The molecule has 2 N–H and O–H groups in total. The van der Waals surface area contributed by atoms with Crippen LogP contribution in [0, 0.1) is 6.04 Å². The minimum Gasteiger partial charge on any atom is -0.347 e. The van der Waals surface area contributed by atoms with Gasteiger partial charge in [-0.3, -0.25) is 9.59 Å². The number of carbonyl (C=O) groups excluding carboxylic acids is 2.